The van der Waals surface area contributed by atoms with Crippen LogP contribution in [0, 0.1) is 0 Å². The number of carbonyl (C=O) groups excluding carboxylic acids is 1. The molecule has 1 aromatic heterocycles. The van der Waals surface area contributed by atoms with Crippen molar-refractivity contribution in [3.8, 4) is 11.1 Å². The molecule has 0 amide bonds. The fraction of sp³-hybridized carbons (Fsp3) is 0.364. The molecule has 158 valence electrons. The molecule has 1 N–H and O–H groups in total. The number of alkyl halides is 3. The number of aromatic amines is 1. The van der Waals surface area contributed by atoms with E-state index in [2.05, 4.69) is 9.97 Å². The zero-order valence-electron chi connectivity index (χ0n) is 16.3. The highest BCUT2D eigenvalue weighted by atomic mass is 19.4. The molecular formula is C22H22F3N3O2. The second-order valence-corrected chi connectivity index (χ2v) is 7.57. The summed E-state index contributed by atoms with van der Waals surface area (Å²) >= 11 is 0. The van der Waals surface area contributed by atoms with Gasteiger partial charge in [-0.2, -0.15) is 13.2 Å². The lowest BCUT2D eigenvalue weighted by Crippen LogP contribution is -2.41. The van der Waals surface area contributed by atoms with Crippen molar-refractivity contribution in [1.29, 1.82) is 0 Å². The molecule has 1 aliphatic rings. The molecule has 0 unspecified atom stereocenters. The number of hydrogen-bond acceptors (Lipinski definition) is 4. The Kier molecular flexibility index (Phi) is 5.76. The van der Waals surface area contributed by atoms with Crippen LogP contribution in [-0.2, 0) is 16.2 Å². The minimum absolute atomic E-state index is 0.117. The van der Waals surface area contributed by atoms with Crippen molar-refractivity contribution in [1.82, 2.24) is 15.0 Å². The fourth-order valence-electron chi connectivity index (χ4n) is 3.86. The lowest BCUT2D eigenvalue weighted by atomic mass is 9.95. The van der Waals surface area contributed by atoms with E-state index in [-0.39, 0.29) is 12.6 Å². The van der Waals surface area contributed by atoms with E-state index in [0.29, 0.717) is 12.8 Å². The van der Waals surface area contributed by atoms with Crippen molar-refractivity contribution in [3.63, 3.8) is 0 Å². The van der Waals surface area contributed by atoms with Gasteiger partial charge in [-0.3, -0.25) is 0 Å². The highest BCUT2D eigenvalue weighted by Gasteiger charge is 2.43. The van der Waals surface area contributed by atoms with Crippen molar-refractivity contribution < 1.29 is 22.8 Å². The molecule has 0 saturated heterocycles. The molecule has 3 aromatic rings. The number of rotatable bonds is 5. The molecule has 0 aliphatic heterocycles. The lowest BCUT2D eigenvalue weighted by Gasteiger charge is -2.32. The summed E-state index contributed by atoms with van der Waals surface area (Å²) in [6.07, 6.45) is 0.939. The number of hydroxylamine groups is 2. The van der Waals surface area contributed by atoms with E-state index in [1.165, 1.54) is 5.06 Å². The number of aromatic nitrogens is 2. The van der Waals surface area contributed by atoms with Crippen molar-refractivity contribution in [3.05, 3.63) is 54.4 Å². The Morgan fingerprint density at radius 2 is 1.77 bits per heavy atom. The van der Waals surface area contributed by atoms with Gasteiger partial charge in [0.25, 0.3) is 0 Å². The Morgan fingerprint density at radius 3 is 2.47 bits per heavy atom. The lowest BCUT2D eigenvalue weighted by molar-refractivity contribution is -0.251. The topological polar surface area (TPSA) is 58.2 Å². The molecule has 0 bridgehead atoms. The summed E-state index contributed by atoms with van der Waals surface area (Å²) in [6, 6.07) is 13.2. The van der Waals surface area contributed by atoms with E-state index < -0.39 is 12.1 Å². The molecule has 0 radical (unpaired) electrons. The van der Waals surface area contributed by atoms with E-state index in [9.17, 15) is 18.0 Å². The highest BCUT2D eigenvalue weighted by Crippen LogP contribution is 2.28. The Labute approximate surface area is 171 Å². The van der Waals surface area contributed by atoms with Crippen LogP contribution < -0.4 is 0 Å². The third-order valence-electron chi connectivity index (χ3n) is 5.46. The zero-order chi connectivity index (χ0) is 21.1. The van der Waals surface area contributed by atoms with Crippen LogP contribution in [0.4, 0.5) is 13.2 Å². The molecule has 4 rings (SSSR count). The van der Waals surface area contributed by atoms with Crippen molar-refractivity contribution in [2.24, 2.45) is 0 Å². The number of fused-ring (bicyclic) bond motifs is 1. The van der Waals surface area contributed by atoms with Gasteiger partial charge in [-0.05, 0) is 41.7 Å². The third-order valence-corrected chi connectivity index (χ3v) is 5.46. The van der Waals surface area contributed by atoms with Crippen molar-refractivity contribution in [2.45, 2.75) is 50.9 Å². The monoisotopic (exact) mass is 417 g/mol. The quantitative estimate of drug-likeness (QED) is 0.566. The van der Waals surface area contributed by atoms with Crippen molar-refractivity contribution in [2.75, 3.05) is 0 Å². The maximum atomic E-state index is 12.7. The maximum Gasteiger partial charge on any atom is 0.492 e. The standard InChI is InChI=1S/C22H22F3N3O2/c23-22(24,25)21(29)30-28(18-4-2-1-3-5-18)13-15-6-8-16(9-7-15)17-10-11-19-20(12-17)27-14-26-19/h6-12,14,18H,1-5,13H2,(H,26,27). The Balaban J connectivity index is 1.51. The smallest absolute Gasteiger partial charge is 0.360 e. The molecule has 1 heterocycles. The molecule has 1 aliphatic carbocycles. The predicted octanol–water partition coefficient (Wildman–Crippen LogP) is 5.39. The maximum absolute atomic E-state index is 12.7. The number of nitrogens with one attached hydrogen (secondary N) is 1. The Hall–Kier alpha value is -2.87. The molecule has 30 heavy (non-hydrogen) atoms. The Morgan fingerprint density at radius 1 is 1.07 bits per heavy atom. The van der Waals surface area contributed by atoms with Gasteiger partial charge in [0, 0.05) is 6.04 Å². The predicted molar refractivity (Wildman–Crippen MR) is 106 cm³/mol. The highest BCUT2D eigenvalue weighted by molar-refractivity contribution is 5.81. The molecule has 0 spiro atoms. The molecule has 5 nitrogen and oxygen atoms in total. The normalized spacial score (nSPS) is 15.6. The largest absolute Gasteiger partial charge is 0.492 e. The minimum Gasteiger partial charge on any atom is -0.360 e. The van der Waals surface area contributed by atoms with Crippen LogP contribution in [0.3, 0.4) is 0 Å². The van der Waals surface area contributed by atoms with Crippen molar-refractivity contribution >= 4 is 17.0 Å². The summed E-state index contributed by atoms with van der Waals surface area (Å²) in [5.74, 6) is -2.17. The summed E-state index contributed by atoms with van der Waals surface area (Å²) in [5, 5.41) is 1.21. The average molecular weight is 417 g/mol. The number of halogens is 3. The number of imidazole rings is 1. The van der Waals surface area contributed by atoms with Gasteiger partial charge in [0.15, 0.2) is 0 Å². The van der Waals surface area contributed by atoms with Crippen LogP contribution in [0.1, 0.15) is 37.7 Å². The van der Waals surface area contributed by atoms with Crippen LogP contribution in [0.15, 0.2) is 48.8 Å². The van der Waals surface area contributed by atoms with Gasteiger partial charge < -0.3 is 9.82 Å². The van der Waals surface area contributed by atoms with Gasteiger partial charge in [-0.25, -0.2) is 9.78 Å². The molecule has 2 aromatic carbocycles. The van der Waals surface area contributed by atoms with Gasteiger partial charge in [-0.1, -0.05) is 49.6 Å². The first kappa shape index (κ1) is 20.4. The zero-order valence-corrected chi connectivity index (χ0v) is 16.3. The van der Waals surface area contributed by atoms with E-state index in [4.69, 9.17) is 4.84 Å². The minimum atomic E-state index is -5.01. The molecule has 0 atom stereocenters. The van der Waals surface area contributed by atoms with E-state index in [1.807, 2.05) is 42.5 Å². The first-order valence-corrected chi connectivity index (χ1v) is 9.98. The Bertz CT molecular complexity index is 1010. The number of benzene rings is 2. The molecular weight excluding hydrogens is 395 g/mol. The van der Waals surface area contributed by atoms with Crippen LogP contribution in [-0.4, -0.2) is 33.2 Å². The summed E-state index contributed by atoms with van der Waals surface area (Å²) in [5.41, 5.74) is 4.57. The first-order valence-electron chi connectivity index (χ1n) is 9.98. The van der Waals surface area contributed by atoms with Gasteiger partial charge >= 0.3 is 12.1 Å². The SMILES string of the molecule is O=C(ON(Cc1ccc(-c2ccc3nc[nH]c3c2)cc1)C1CCCCC1)C(F)(F)F. The van der Waals surface area contributed by atoms with E-state index in [0.717, 1.165) is 47.0 Å². The van der Waals surface area contributed by atoms with Gasteiger partial charge in [0.2, 0.25) is 0 Å². The summed E-state index contributed by atoms with van der Waals surface area (Å²) < 4.78 is 38.2. The van der Waals surface area contributed by atoms with E-state index in [1.54, 1.807) is 6.33 Å². The van der Waals surface area contributed by atoms with Gasteiger partial charge in [-0.15, -0.1) is 5.06 Å². The first-order chi connectivity index (χ1) is 14.4. The van der Waals surface area contributed by atoms with Crippen LogP contribution >= 0.6 is 0 Å². The van der Waals surface area contributed by atoms with Gasteiger partial charge in [0.1, 0.15) is 0 Å². The van der Waals surface area contributed by atoms with Crippen LogP contribution in [0.5, 0.6) is 0 Å². The number of nitrogens with zero attached hydrogens (tertiary/aromatic N) is 2. The molecule has 1 fully saturated rings. The summed E-state index contributed by atoms with van der Waals surface area (Å²) in [6.45, 7) is 0.117. The molecule has 1 saturated carbocycles. The molecule has 8 heteroatoms. The van der Waals surface area contributed by atoms with E-state index >= 15 is 0 Å². The van der Waals surface area contributed by atoms with Crippen LogP contribution in [0.2, 0.25) is 0 Å². The average Bonchev–Trinajstić information content (AvgIpc) is 3.21. The second-order valence-electron chi connectivity index (χ2n) is 7.57. The second kappa shape index (κ2) is 8.47. The number of hydrogen-bond donors (Lipinski definition) is 1. The summed E-state index contributed by atoms with van der Waals surface area (Å²) in [7, 11) is 0. The van der Waals surface area contributed by atoms with Crippen LogP contribution in [0.25, 0.3) is 22.2 Å². The number of H-pyrrole nitrogens is 1. The third kappa shape index (κ3) is 4.64. The summed E-state index contributed by atoms with van der Waals surface area (Å²) in [4.78, 5) is 23.5. The number of carbonyl (C=O) groups is 1. The fourth-order valence-corrected chi connectivity index (χ4v) is 3.86. The van der Waals surface area contributed by atoms with Gasteiger partial charge in [0.05, 0.1) is 23.9 Å².